The van der Waals surface area contributed by atoms with Crippen LogP contribution < -0.4 is 14.8 Å². The number of rotatable bonds is 5. The number of carbonyl (C=O) groups excluding carboxylic acids is 2. The van der Waals surface area contributed by atoms with Gasteiger partial charge < -0.3 is 19.7 Å². The highest BCUT2D eigenvalue weighted by Crippen LogP contribution is 2.32. The number of fused-ring (bicyclic) bond motifs is 1. The molecule has 0 radical (unpaired) electrons. The third kappa shape index (κ3) is 3.77. The molecule has 0 saturated heterocycles. The van der Waals surface area contributed by atoms with Crippen molar-refractivity contribution in [2.24, 2.45) is 0 Å². The predicted octanol–water partition coefficient (Wildman–Crippen LogP) is 2.59. The van der Waals surface area contributed by atoms with Gasteiger partial charge in [0, 0.05) is 36.6 Å². The Hall–Kier alpha value is -3.09. The van der Waals surface area contributed by atoms with E-state index in [1.807, 2.05) is 13.8 Å². The molecule has 0 fully saturated rings. The third-order valence-corrected chi connectivity index (χ3v) is 4.09. The Morgan fingerprint density at radius 2 is 1.81 bits per heavy atom. The topological polar surface area (TPSA) is 80.8 Å². The zero-order valence-electron chi connectivity index (χ0n) is 14.8. The molecule has 1 N–H and O–H groups in total. The van der Waals surface area contributed by atoms with E-state index >= 15 is 0 Å². The molecule has 0 unspecified atom stereocenters. The second kappa shape index (κ2) is 7.86. The van der Waals surface area contributed by atoms with Crippen molar-refractivity contribution in [2.45, 2.75) is 13.8 Å². The molecule has 7 nitrogen and oxygen atoms in total. The van der Waals surface area contributed by atoms with Crippen LogP contribution in [0.3, 0.4) is 0 Å². The monoisotopic (exact) mass is 355 g/mol. The van der Waals surface area contributed by atoms with Crippen LogP contribution in [0.4, 0.5) is 5.69 Å². The highest BCUT2D eigenvalue weighted by Gasteiger charge is 2.17. The van der Waals surface area contributed by atoms with Crippen LogP contribution in [-0.2, 0) is 0 Å². The molecule has 7 heteroatoms. The summed E-state index contributed by atoms with van der Waals surface area (Å²) in [7, 11) is 0. The first-order valence-corrected chi connectivity index (χ1v) is 8.58. The molecule has 1 aromatic heterocycles. The smallest absolute Gasteiger partial charge is 0.274 e. The number of pyridine rings is 1. The van der Waals surface area contributed by atoms with Crippen LogP contribution >= 0.6 is 0 Å². The Balaban J connectivity index is 1.76. The summed E-state index contributed by atoms with van der Waals surface area (Å²) in [5, 5.41) is 2.77. The zero-order valence-corrected chi connectivity index (χ0v) is 14.8. The molecule has 136 valence electrons. The molecule has 2 aromatic rings. The molecule has 0 aliphatic carbocycles. The van der Waals surface area contributed by atoms with Crippen molar-refractivity contribution in [2.75, 3.05) is 31.6 Å². The van der Waals surface area contributed by atoms with Gasteiger partial charge in [0.2, 0.25) is 0 Å². The van der Waals surface area contributed by atoms with Gasteiger partial charge in [0.25, 0.3) is 11.8 Å². The molecule has 2 amide bonds. The minimum atomic E-state index is -0.393. The predicted molar refractivity (Wildman–Crippen MR) is 96.9 cm³/mol. The molecule has 0 spiro atoms. The maximum Gasteiger partial charge on any atom is 0.274 e. The Bertz CT molecular complexity index is 818. The summed E-state index contributed by atoms with van der Waals surface area (Å²) in [6.07, 6.45) is 1.47. The summed E-state index contributed by atoms with van der Waals surface area (Å²) in [5.41, 5.74) is 1.19. The number of anilines is 1. The first-order valence-electron chi connectivity index (χ1n) is 8.58. The molecule has 1 aliphatic heterocycles. The van der Waals surface area contributed by atoms with E-state index in [9.17, 15) is 9.59 Å². The number of hydrogen-bond acceptors (Lipinski definition) is 5. The van der Waals surface area contributed by atoms with Crippen molar-refractivity contribution in [1.82, 2.24) is 9.88 Å². The Morgan fingerprint density at radius 3 is 2.54 bits per heavy atom. The van der Waals surface area contributed by atoms with E-state index in [1.165, 1.54) is 12.3 Å². The highest BCUT2D eigenvalue weighted by molar-refractivity contribution is 6.04. The molecule has 0 bridgehead atoms. The molecular weight excluding hydrogens is 334 g/mol. The van der Waals surface area contributed by atoms with Crippen LogP contribution in [0.25, 0.3) is 0 Å². The Labute approximate surface area is 151 Å². The van der Waals surface area contributed by atoms with E-state index in [1.54, 1.807) is 29.2 Å². The maximum atomic E-state index is 12.5. The van der Waals surface area contributed by atoms with Crippen LogP contribution in [0, 0.1) is 0 Å². The summed E-state index contributed by atoms with van der Waals surface area (Å²) in [6.45, 7) is 6.03. The molecule has 0 atom stereocenters. The number of ether oxygens (including phenoxy) is 2. The zero-order chi connectivity index (χ0) is 18.5. The van der Waals surface area contributed by atoms with Crippen molar-refractivity contribution in [3.8, 4) is 11.5 Å². The van der Waals surface area contributed by atoms with Crippen LogP contribution in [0.2, 0.25) is 0 Å². The summed E-state index contributed by atoms with van der Waals surface area (Å²) in [4.78, 5) is 30.7. The van der Waals surface area contributed by atoms with Crippen molar-refractivity contribution < 1.29 is 19.1 Å². The number of benzene rings is 1. The fraction of sp³-hybridized carbons (Fsp3) is 0.316. The number of amides is 2. The van der Waals surface area contributed by atoms with Gasteiger partial charge in [-0.1, -0.05) is 0 Å². The minimum Gasteiger partial charge on any atom is -0.486 e. The van der Waals surface area contributed by atoms with Gasteiger partial charge in [-0.05, 0) is 38.1 Å². The van der Waals surface area contributed by atoms with Crippen LogP contribution in [0.15, 0.2) is 36.5 Å². The largest absolute Gasteiger partial charge is 0.486 e. The van der Waals surface area contributed by atoms with Crippen LogP contribution in [-0.4, -0.2) is 48.0 Å². The summed E-state index contributed by atoms with van der Waals surface area (Å²) >= 11 is 0. The molecule has 1 aliphatic rings. The van der Waals surface area contributed by atoms with Gasteiger partial charge in [-0.3, -0.25) is 14.6 Å². The molecule has 0 saturated carbocycles. The standard InChI is InChI=1S/C19H21N3O4/c1-3-22(4-2)19(24)13-7-8-20-15(11-13)18(23)21-14-5-6-16-17(12-14)26-10-9-25-16/h5-8,11-12H,3-4,9-10H2,1-2H3,(H,21,23). The second-order valence-corrected chi connectivity index (χ2v) is 5.72. The van der Waals surface area contributed by atoms with E-state index < -0.39 is 5.91 Å². The maximum absolute atomic E-state index is 12.5. The number of nitrogens with one attached hydrogen (secondary N) is 1. The quantitative estimate of drug-likeness (QED) is 0.892. The van der Waals surface area contributed by atoms with Gasteiger partial charge in [-0.2, -0.15) is 0 Å². The number of carbonyl (C=O) groups is 2. The number of nitrogens with zero attached hydrogens (tertiary/aromatic N) is 2. The van der Waals surface area contributed by atoms with E-state index in [4.69, 9.17) is 9.47 Å². The van der Waals surface area contributed by atoms with Gasteiger partial charge in [-0.25, -0.2) is 0 Å². The fourth-order valence-corrected chi connectivity index (χ4v) is 2.70. The van der Waals surface area contributed by atoms with Gasteiger partial charge in [0.15, 0.2) is 11.5 Å². The average molecular weight is 355 g/mol. The normalized spacial score (nSPS) is 12.4. The van der Waals surface area contributed by atoms with Crippen LogP contribution in [0.1, 0.15) is 34.7 Å². The first-order chi connectivity index (χ1) is 12.6. The van der Waals surface area contributed by atoms with E-state index in [2.05, 4.69) is 10.3 Å². The van der Waals surface area contributed by atoms with Gasteiger partial charge in [-0.15, -0.1) is 0 Å². The first kappa shape index (κ1) is 17.7. The van der Waals surface area contributed by atoms with E-state index in [0.29, 0.717) is 49.1 Å². The van der Waals surface area contributed by atoms with Crippen molar-refractivity contribution >= 4 is 17.5 Å². The lowest BCUT2D eigenvalue weighted by atomic mass is 10.2. The summed E-state index contributed by atoms with van der Waals surface area (Å²) in [6, 6.07) is 8.31. The SMILES string of the molecule is CCN(CC)C(=O)c1ccnc(C(=O)Nc2ccc3c(c2)OCCO3)c1. The van der Waals surface area contributed by atoms with Crippen LogP contribution in [0.5, 0.6) is 11.5 Å². The number of aromatic nitrogens is 1. The molecule has 2 heterocycles. The lowest BCUT2D eigenvalue weighted by molar-refractivity contribution is 0.0773. The van der Waals surface area contributed by atoms with Gasteiger partial charge >= 0.3 is 0 Å². The Morgan fingerprint density at radius 1 is 1.08 bits per heavy atom. The average Bonchev–Trinajstić information content (AvgIpc) is 2.69. The van der Waals surface area contributed by atoms with Crippen molar-refractivity contribution in [3.05, 3.63) is 47.8 Å². The molecule has 1 aromatic carbocycles. The molecule has 26 heavy (non-hydrogen) atoms. The third-order valence-electron chi connectivity index (χ3n) is 4.09. The minimum absolute atomic E-state index is 0.120. The summed E-state index contributed by atoms with van der Waals surface area (Å²) < 4.78 is 11.0. The van der Waals surface area contributed by atoms with E-state index in [-0.39, 0.29) is 11.6 Å². The highest BCUT2D eigenvalue weighted by atomic mass is 16.6. The lowest BCUT2D eigenvalue weighted by Gasteiger charge is -2.19. The van der Waals surface area contributed by atoms with Gasteiger partial charge in [0.05, 0.1) is 0 Å². The van der Waals surface area contributed by atoms with Crippen molar-refractivity contribution in [1.29, 1.82) is 0 Å². The van der Waals surface area contributed by atoms with Crippen molar-refractivity contribution in [3.63, 3.8) is 0 Å². The van der Waals surface area contributed by atoms with Gasteiger partial charge in [0.1, 0.15) is 18.9 Å². The fourth-order valence-electron chi connectivity index (χ4n) is 2.70. The molecular formula is C19H21N3O4. The molecule has 3 rings (SSSR count). The second-order valence-electron chi connectivity index (χ2n) is 5.72. The lowest BCUT2D eigenvalue weighted by Crippen LogP contribution is -2.30. The summed E-state index contributed by atoms with van der Waals surface area (Å²) in [5.74, 6) is 0.730. The van der Waals surface area contributed by atoms with E-state index in [0.717, 1.165) is 0 Å². The Kier molecular flexibility index (Phi) is 5.36. The number of hydrogen-bond donors (Lipinski definition) is 1.